The molecule has 0 radical (unpaired) electrons. The molecule has 0 bridgehead atoms. The van der Waals surface area contributed by atoms with Crippen LogP contribution >= 0.6 is 0 Å². The molecule has 158 valence electrons. The molecule has 6 nitrogen and oxygen atoms in total. The second-order valence-corrected chi connectivity index (χ2v) is 6.90. The first kappa shape index (κ1) is 20.4. The van der Waals surface area contributed by atoms with E-state index in [-0.39, 0.29) is 40.2 Å². The van der Waals surface area contributed by atoms with Crippen LogP contribution in [0.25, 0.3) is 16.6 Å². The van der Waals surface area contributed by atoms with Crippen molar-refractivity contribution in [3.05, 3.63) is 71.6 Å². The Bertz CT molecular complexity index is 1260. The van der Waals surface area contributed by atoms with Gasteiger partial charge in [-0.15, -0.1) is 0 Å². The van der Waals surface area contributed by atoms with Gasteiger partial charge in [-0.25, -0.2) is 4.98 Å². The van der Waals surface area contributed by atoms with E-state index in [9.17, 15) is 22.8 Å². The van der Waals surface area contributed by atoms with Gasteiger partial charge in [-0.1, -0.05) is 18.2 Å². The number of carbonyl (C=O) groups excluding carboxylic acids is 2. The predicted molar refractivity (Wildman–Crippen MR) is 111 cm³/mol. The fourth-order valence-electron chi connectivity index (χ4n) is 3.37. The van der Waals surface area contributed by atoms with E-state index >= 15 is 0 Å². The number of anilines is 2. The Balaban J connectivity index is 1.87. The first-order valence-corrected chi connectivity index (χ1v) is 9.36. The molecule has 0 saturated heterocycles. The molecule has 0 unspecified atom stereocenters. The fourth-order valence-corrected chi connectivity index (χ4v) is 3.37. The molecule has 0 aliphatic heterocycles. The molecule has 0 fully saturated rings. The van der Waals surface area contributed by atoms with E-state index in [1.807, 2.05) is 0 Å². The van der Waals surface area contributed by atoms with E-state index in [0.717, 1.165) is 6.20 Å². The summed E-state index contributed by atoms with van der Waals surface area (Å²) in [6, 6.07) is 7.85. The molecule has 1 aliphatic rings. The van der Waals surface area contributed by atoms with Crippen molar-refractivity contribution >= 4 is 39.7 Å². The predicted octanol–water partition coefficient (Wildman–Crippen LogP) is 4.60. The molecule has 2 heterocycles. The molecule has 9 heteroatoms. The lowest BCUT2D eigenvalue weighted by atomic mass is 10.0. The number of para-hydroxylation sites is 1. The summed E-state index contributed by atoms with van der Waals surface area (Å²) in [5.74, 6) is -0.482. The lowest BCUT2D eigenvalue weighted by Gasteiger charge is -2.17. The Hall–Kier alpha value is -3.88. The number of alkyl halides is 3. The Morgan fingerprint density at radius 2 is 1.97 bits per heavy atom. The van der Waals surface area contributed by atoms with Crippen LogP contribution in [0.5, 0.6) is 0 Å². The Morgan fingerprint density at radius 1 is 1.19 bits per heavy atom. The maximum atomic E-state index is 13.8. The number of pyridine rings is 1. The van der Waals surface area contributed by atoms with Crippen LogP contribution in [0, 0.1) is 0 Å². The van der Waals surface area contributed by atoms with Gasteiger partial charge in [0.2, 0.25) is 0 Å². The molecular formula is C22H17F3N4O2. The number of nitrogens with one attached hydrogen (secondary N) is 3. The van der Waals surface area contributed by atoms with Gasteiger partial charge in [0.15, 0.2) is 5.78 Å². The monoisotopic (exact) mass is 426 g/mol. The molecule has 3 N–H and O–H groups in total. The standard InChI is InChI=1S/C22H17F3N4O2/c1-26-21(31)14-4-2-3-5-17(14)28-19-15-10-18(12-6-8-13(30)9-7-12)29-20(15)27-11-16(19)22(23,24)25/h2-8,10-11H,9H2,1H3,(H,26,31)(H2,27,28,29). The lowest BCUT2D eigenvalue weighted by Crippen LogP contribution is -2.19. The summed E-state index contributed by atoms with van der Waals surface area (Å²) in [5.41, 5.74) is 0.721. The molecule has 31 heavy (non-hydrogen) atoms. The Labute approximate surface area is 174 Å². The van der Waals surface area contributed by atoms with Gasteiger partial charge in [-0.3, -0.25) is 9.59 Å². The summed E-state index contributed by atoms with van der Waals surface area (Å²) in [4.78, 5) is 30.5. The summed E-state index contributed by atoms with van der Waals surface area (Å²) >= 11 is 0. The van der Waals surface area contributed by atoms with Crippen molar-refractivity contribution in [3.8, 4) is 0 Å². The maximum absolute atomic E-state index is 13.8. The zero-order valence-corrected chi connectivity index (χ0v) is 16.3. The van der Waals surface area contributed by atoms with E-state index < -0.39 is 17.6 Å². The third-order valence-corrected chi connectivity index (χ3v) is 4.91. The molecule has 0 saturated carbocycles. The molecule has 1 aromatic carbocycles. The number of nitrogens with zero attached hydrogens (tertiary/aromatic N) is 1. The molecule has 4 rings (SSSR count). The minimum absolute atomic E-state index is 0.0505. The van der Waals surface area contributed by atoms with Crippen LogP contribution in [0.4, 0.5) is 24.5 Å². The topological polar surface area (TPSA) is 86.9 Å². The quantitative estimate of drug-likeness (QED) is 0.569. The number of H-pyrrole nitrogens is 1. The number of fused-ring (bicyclic) bond motifs is 1. The number of aromatic nitrogens is 2. The lowest BCUT2D eigenvalue weighted by molar-refractivity contribution is -0.137. The first-order valence-electron chi connectivity index (χ1n) is 9.36. The Morgan fingerprint density at radius 3 is 2.65 bits per heavy atom. The summed E-state index contributed by atoms with van der Waals surface area (Å²) in [5, 5.41) is 5.49. The van der Waals surface area contributed by atoms with Crippen molar-refractivity contribution < 1.29 is 22.8 Å². The summed E-state index contributed by atoms with van der Waals surface area (Å²) in [7, 11) is 1.44. The van der Waals surface area contributed by atoms with Gasteiger partial charge < -0.3 is 15.6 Å². The van der Waals surface area contributed by atoms with Crippen molar-refractivity contribution in [2.24, 2.45) is 0 Å². The van der Waals surface area contributed by atoms with Crippen LogP contribution in [0.3, 0.4) is 0 Å². The average Bonchev–Trinajstić information content (AvgIpc) is 3.18. The van der Waals surface area contributed by atoms with Crippen LogP contribution in [0.2, 0.25) is 0 Å². The highest BCUT2D eigenvalue weighted by atomic mass is 19.4. The molecule has 0 atom stereocenters. The molecule has 2 aromatic heterocycles. The number of hydrogen-bond donors (Lipinski definition) is 3. The van der Waals surface area contributed by atoms with Gasteiger partial charge >= 0.3 is 6.18 Å². The van der Waals surface area contributed by atoms with Crippen molar-refractivity contribution in [2.45, 2.75) is 12.6 Å². The smallest absolute Gasteiger partial charge is 0.355 e. The second-order valence-electron chi connectivity index (χ2n) is 6.90. The minimum atomic E-state index is -4.67. The van der Waals surface area contributed by atoms with Crippen LogP contribution < -0.4 is 10.6 Å². The van der Waals surface area contributed by atoms with Gasteiger partial charge in [0, 0.05) is 30.7 Å². The third-order valence-electron chi connectivity index (χ3n) is 4.91. The molecule has 1 amide bonds. The highest BCUT2D eigenvalue weighted by Crippen LogP contribution is 2.40. The molecule has 3 aromatic rings. The second kappa shape index (κ2) is 7.75. The van der Waals surface area contributed by atoms with Crippen molar-refractivity contribution in [1.82, 2.24) is 15.3 Å². The minimum Gasteiger partial charge on any atom is -0.355 e. The van der Waals surface area contributed by atoms with Crippen molar-refractivity contribution in [2.75, 3.05) is 12.4 Å². The highest BCUT2D eigenvalue weighted by Gasteiger charge is 2.35. The van der Waals surface area contributed by atoms with E-state index in [0.29, 0.717) is 11.3 Å². The first-order chi connectivity index (χ1) is 14.8. The van der Waals surface area contributed by atoms with E-state index in [4.69, 9.17) is 0 Å². The van der Waals surface area contributed by atoms with Crippen LogP contribution in [0.1, 0.15) is 28.0 Å². The third kappa shape index (κ3) is 3.94. The van der Waals surface area contributed by atoms with Gasteiger partial charge in [0.25, 0.3) is 5.91 Å². The fraction of sp³-hybridized carbons (Fsp3) is 0.136. The number of carbonyl (C=O) groups is 2. The van der Waals surface area contributed by atoms with Gasteiger partial charge in [-0.2, -0.15) is 13.2 Å². The van der Waals surface area contributed by atoms with Crippen LogP contribution in [-0.2, 0) is 11.0 Å². The maximum Gasteiger partial charge on any atom is 0.419 e. The number of benzene rings is 1. The van der Waals surface area contributed by atoms with E-state index in [2.05, 4.69) is 20.6 Å². The molecule has 0 spiro atoms. The molecule has 1 aliphatic carbocycles. The van der Waals surface area contributed by atoms with Crippen LogP contribution in [-0.4, -0.2) is 28.7 Å². The Kier molecular flexibility index (Phi) is 5.10. The highest BCUT2D eigenvalue weighted by molar-refractivity contribution is 6.03. The van der Waals surface area contributed by atoms with Crippen molar-refractivity contribution in [3.63, 3.8) is 0 Å². The van der Waals surface area contributed by atoms with Crippen molar-refractivity contribution in [1.29, 1.82) is 0 Å². The number of halogens is 3. The largest absolute Gasteiger partial charge is 0.419 e. The number of amides is 1. The average molecular weight is 426 g/mol. The van der Waals surface area contributed by atoms with Gasteiger partial charge in [-0.05, 0) is 35.9 Å². The summed E-state index contributed by atoms with van der Waals surface area (Å²) < 4.78 is 41.3. The summed E-state index contributed by atoms with van der Waals surface area (Å²) in [6.45, 7) is 0. The number of ketones is 1. The number of rotatable bonds is 4. The number of aromatic amines is 1. The number of allylic oxidation sites excluding steroid dienone is 4. The van der Waals surface area contributed by atoms with E-state index in [1.54, 1.807) is 30.4 Å². The normalized spacial score (nSPS) is 13.9. The van der Waals surface area contributed by atoms with Gasteiger partial charge in [0.05, 0.1) is 22.5 Å². The zero-order chi connectivity index (χ0) is 22.2. The van der Waals surface area contributed by atoms with Gasteiger partial charge in [0.1, 0.15) is 5.65 Å². The SMILES string of the molecule is CNC(=O)c1ccccc1Nc1c(C(F)(F)F)cnc2[nH]c(C3=CCC(=O)C=C3)cc12. The van der Waals surface area contributed by atoms with Crippen LogP contribution in [0.15, 0.2) is 54.8 Å². The zero-order valence-electron chi connectivity index (χ0n) is 16.3. The number of hydrogen-bond acceptors (Lipinski definition) is 4. The summed E-state index contributed by atoms with van der Waals surface area (Å²) in [6.07, 6.45) is 1.03. The van der Waals surface area contributed by atoms with E-state index in [1.165, 1.54) is 25.3 Å². The molecular weight excluding hydrogens is 409 g/mol.